The van der Waals surface area contributed by atoms with Crippen molar-refractivity contribution >= 4 is 11.9 Å². The van der Waals surface area contributed by atoms with Gasteiger partial charge in [-0.2, -0.15) is 0 Å². The average molecular weight is 393 g/mol. The molecule has 152 valence electrons. The molecule has 1 aliphatic heterocycles. The molecular weight excluding hydrogens is 356 g/mol. The summed E-state index contributed by atoms with van der Waals surface area (Å²) in [5.74, 6) is 1.12. The molecule has 2 atom stereocenters. The fraction of sp³-hybridized carbons (Fsp3) is 0.773. The molecule has 3 rings (SSSR count). The van der Waals surface area contributed by atoms with Crippen LogP contribution in [0.2, 0.25) is 0 Å². The van der Waals surface area contributed by atoms with Gasteiger partial charge in [-0.3, -0.25) is 9.52 Å². The zero-order valence-corrected chi connectivity index (χ0v) is 18.2. The van der Waals surface area contributed by atoms with E-state index in [0.29, 0.717) is 12.7 Å². The highest BCUT2D eigenvalue weighted by atomic mass is 32.2. The van der Waals surface area contributed by atoms with E-state index < -0.39 is 0 Å². The van der Waals surface area contributed by atoms with Crippen LogP contribution in [0.1, 0.15) is 82.5 Å². The second-order valence-corrected chi connectivity index (χ2v) is 9.17. The molecule has 0 aromatic carbocycles. The van der Waals surface area contributed by atoms with Crippen molar-refractivity contribution in [3.05, 3.63) is 33.7 Å². The van der Waals surface area contributed by atoms with Crippen molar-refractivity contribution in [3.63, 3.8) is 0 Å². The van der Waals surface area contributed by atoms with Crippen LogP contribution in [0.25, 0.3) is 0 Å². The van der Waals surface area contributed by atoms with Crippen LogP contribution in [0.3, 0.4) is 0 Å². The standard InChI is InChI=1S/C22H36N2O2S/c1-5-16-6-10-18(11-7-16)26-14-21-20(23-27-4)13-9-17-8-12-19(15(2)3)22(25)24(17)21/h8,12,15-16,18,20-21,23H,5-7,9-11,13-14H2,1-4H3. The Labute approximate surface area is 168 Å². The first-order chi connectivity index (χ1) is 13.0. The van der Waals surface area contributed by atoms with E-state index in [2.05, 4.69) is 37.8 Å². The highest BCUT2D eigenvalue weighted by molar-refractivity contribution is 7.96. The number of rotatable bonds is 7. The van der Waals surface area contributed by atoms with Gasteiger partial charge in [0.15, 0.2) is 0 Å². The second-order valence-electron chi connectivity index (χ2n) is 8.53. The highest BCUT2D eigenvalue weighted by Gasteiger charge is 2.32. The first-order valence-electron chi connectivity index (χ1n) is 10.7. The van der Waals surface area contributed by atoms with Crippen LogP contribution < -0.4 is 10.3 Å². The molecule has 1 fully saturated rings. The maximum Gasteiger partial charge on any atom is 0.254 e. The lowest BCUT2D eigenvalue weighted by atomic mass is 9.86. The summed E-state index contributed by atoms with van der Waals surface area (Å²) in [6.07, 6.45) is 10.6. The van der Waals surface area contributed by atoms with Crippen molar-refractivity contribution in [1.82, 2.24) is 9.29 Å². The van der Waals surface area contributed by atoms with E-state index in [4.69, 9.17) is 4.74 Å². The quantitative estimate of drug-likeness (QED) is 0.684. The van der Waals surface area contributed by atoms with E-state index in [1.807, 2.05) is 10.6 Å². The highest BCUT2D eigenvalue weighted by Crippen LogP contribution is 2.31. The van der Waals surface area contributed by atoms with Gasteiger partial charge in [0.25, 0.3) is 5.56 Å². The molecule has 27 heavy (non-hydrogen) atoms. The summed E-state index contributed by atoms with van der Waals surface area (Å²) in [5.41, 5.74) is 2.25. The Bertz CT molecular complexity index is 665. The van der Waals surface area contributed by atoms with Crippen LogP contribution in [0.15, 0.2) is 16.9 Å². The molecule has 1 aliphatic carbocycles. The summed E-state index contributed by atoms with van der Waals surface area (Å²) in [6.45, 7) is 7.13. The van der Waals surface area contributed by atoms with Crippen molar-refractivity contribution in [3.8, 4) is 0 Å². The third kappa shape index (κ3) is 4.80. The first kappa shape index (κ1) is 20.9. The predicted molar refractivity (Wildman–Crippen MR) is 115 cm³/mol. The van der Waals surface area contributed by atoms with Crippen LogP contribution in [0.5, 0.6) is 0 Å². The molecule has 0 spiro atoms. The third-order valence-corrected chi connectivity index (χ3v) is 7.04. The summed E-state index contributed by atoms with van der Waals surface area (Å²) < 4.78 is 12.0. The minimum absolute atomic E-state index is 0.0799. The number of fused-ring (bicyclic) bond motifs is 1. The average Bonchev–Trinajstić information content (AvgIpc) is 2.67. The van der Waals surface area contributed by atoms with E-state index in [1.165, 1.54) is 32.1 Å². The van der Waals surface area contributed by atoms with Gasteiger partial charge in [-0.25, -0.2) is 0 Å². The Morgan fingerprint density at radius 2 is 1.96 bits per heavy atom. The Morgan fingerprint density at radius 3 is 2.59 bits per heavy atom. The van der Waals surface area contributed by atoms with Gasteiger partial charge in [0.05, 0.1) is 18.8 Å². The summed E-state index contributed by atoms with van der Waals surface area (Å²) in [5, 5.41) is 0. The van der Waals surface area contributed by atoms with E-state index in [1.54, 1.807) is 11.9 Å². The molecule has 0 bridgehead atoms. The molecule has 2 unspecified atom stereocenters. The van der Waals surface area contributed by atoms with E-state index >= 15 is 0 Å². The van der Waals surface area contributed by atoms with Crippen molar-refractivity contribution in [2.24, 2.45) is 5.92 Å². The van der Waals surface area contributed by atoms with Crippen LogP contribution in [0, 0.1) is 5.92 Å². The van der Waals surface area contributed by atoms with Gasteiger partial charge in [0, 0.05) is 17.3 Å². The molecule has 1 N–H and O–H groups in total. The number of hydrogen-bond acceptors (Lipinski definition) is 4. The fourth-order valence-electron chi connectivity index (χ4n) is 4.71. The minimum Gasteiger partial charge on any atom is -0.376 e. The number of pyridine rings is 1. The maximum absolute atomic E-state index is 13.2. The van der Waals surface area contributed by atoms with Gasteiger partial charge in [-0.15, -0.1) is 0 Å². The van der Waals surface area contributed by atoms with Crippen molar-refractivity contribution in [1.29, 1.82) is 0 Å². The van der Waals surface area contributed by atoms with E-state index in [-0.39, 0.29) is 23.6 Å². The molecular formula is C22H36N2O2S. The maximum atomic E-state index is 13.2. The Hall–Kier alpha value is -0.780. The summed E-state index contributed by atoms with van der Waals surface area (Å²) in [7, 11) is 0. The van der Waals surface area contributed by atoms with Gasteiger partial charge in [-0.05, 0) is 62.7 Å². The molecule has 1 aromatic heterocycles. The van der Waals surface area contributed by atoms with Crippen LogP contribution in [-0.4, -0.2) is 29.6 Å². The molecule has 0 radical (unpaired) electrons. The topological polar surface area (TPSA) is 43.3 Å². The zero-order valence-electron chi connectivity index (χ0n) is 17.4. The number of aryl methyl sites for hydroxylation is 1. The largest absolute Gasteiger partial charge is 0.376 e. The zero-order chi connectivity index (χ0) is 19.4. The molecule has 2 aliphatic rings. The third-order valence-electron chi connectivity index (χ3n) is 6.50. The number of hydrogen-bond donors (Lipinski definition) is 1. The van der Waals surface area contributed by atoms with Gasteiger partial charge in [0.2, 0.25) is 0 Å². The summed E-state index contributed by atoms with van der Waals surface area (Å²) >= 11 is 1.65. The smallest absolute Gasteiger partial charge is 0.254 e. The molecule has 0 amide bonds. The lowest BCUT2D eigenvalue weighted by Crippen LogP contribution is -2.47. The minimum atomic E-state index is 0.0799. The molecule has 1 saturated carbocycles. The second kappa shape index (κ2) is 9.62. The monoisotopic (exact) mass is 392 g/mol. The summed E-state index contributed by atoms with van der Waals surface area (Å²) in [6, 6.07) is 4.55. The Kier molecular flexibility index (Phi) is 7.46. The molecule has 4 nitrogen and oxygen atoms in total. The van der Waals surface area contributed by atoms with Gasteiger partial charge in [-0.1, -0.05) is 45.2 Å². The number of nitrogens with one attached hydrogen (secondary N) is 1. The predicted octanol–water partition coefficient (Wildman–Crippen LogP) is 4.68. The van der Waals surface area contributed by atoms with Gasteiger partial charge >= 0.3 is 0 Å². The Balaban J connectivity index is 1.79. The van der Waals surface area contributed by atoms with Gasteiger partial charge < -0.3 is 9.30 Å². The van der Waals surface area contributed by atoms with E-state index in [0.717, 1.165) is 30.0 Å². The molecule has 2 heterocycles. The van der Waals surface area contributed by atoms with Crippen LogP contribution >= 0.6 is 11.9 Å². The number of aromatic nitrogens is 1. The van der Waals surface area contributed by atoms with Gasteiger partial charge in [0.1, 0.15) is 0 Å². The van der Waals surface area contributed by atoms with Crippen molar-refractivity contribution < 1.29 is 4.74 Å². The lowest BCUT2D eigenvalue weighted by molar-refractivity contribution is -0.00681. The van der Waals surface area contributed by atoms with Crippen LogP contribution in [0.4, 0.5) is 0 Å². The molecule has 1 aromatic rings. The van der Waals surface area contributed by atoms with Crippen molar-refractivity contribution in [2.45, 2.75) is 89.8 Å². The van der Waals surface area contributed by atoms with Crippen LogP contribution in [-0.2, 0) is 11.2 Å². The normalized spacial score (nSPS) is 28.3. The molecule has 5 heteroatoms. The van der Waals surface area contributed by atoms with E-state index in [9.17, 15) is 4.79 Å². The molecule has 0 saturated heterocycles. The SMILES string of the molecule is CCC1CCC(OCC2C(NSC)CCc3ccc(C(C)C)c(=O)n32)CC1. The number of ether oxygens (including phenoxy) is 1. The fourth-order valence-corrected chi connectivity index (χ4v) is 5.29. The Morgan fingerprint density at radius 1 is 1.22 bits per heavy atom. The first-order valence-corrected chi connectivity index (χ1v) is 11.9. The van der Waals surface area contributed by atoms with Crippen molar-refractivity contribution in [2.75, 3.05) is 12.9 Å². The summed E-state index contributed by atoms with van der Waals surface area (Å²) in [4.78, 5) is 13.2. The number of nitrogens with zero attached hydrogens (tertiary/aromatic N) is 1. The lowest BCUT2D eigenvalue weighted by Gasteiger charge is -2.37.